The highest BCUT2D eigenvalue weighted by molar-refractivity contribution is 8.18. The fourth-order valence-electron chi connectivity index (χ4n) is 2.33. The first-order valence-corrected chi connectivity index (χ1v) is 8.46. The van der Waals surface area contributed by atoms with Crippen LogP contribution in [0.25, 0.3) is 6.08 Å². The maximum absolute atomic E-state index is 12.5. The summed E-state index contributed by atoms with van der Waals surface area (Å²) in [6.07, 6.45) is 1.44. The molecule has 0 spiro atoms. The molecule has 9 heteroatoms. The second-order valence-electron chi connectivity index (χ2n) is 5.41. The monoisotopic (exact) mass is 386 g/mol. The molecule has 138 valence electrons. The number of nitrogens with zero attached hydrogens (tertiary/aromatic N) is 1. The van der Waals surface area contributed by atoms with Gasteiger partial charge in [0.2, 0.25) is 0 Å². The van der Waals surface area contributed by atoms with Crippen LogP contribution < -0.4 is 10.2 Å². The van der Waals surface area contributed by atoms with Crippen LogP contribution in [-0.4, -0.2) is 39.4 Å². The van der Waals surface area contributed by atoms with E-state index in [2.05, 4.69) is 5.43 Å². The summed E-state index contributed by atoms with van der Waals surface area (Å²) in [5, 5.41) is 19.2. The van der Waals surface area contributed by atoms with Gasteiger partial charge in [-0.15, -0.1) is 0 Å². The summed E-state index contributed by atoms with van der Waals surface area (Å²) in [5.41, 5.74) is 2.66. The minimum Gasteiger partial charge on any atom is -0.507 e. The van der Waals surface area contributed by atoms with Gasteiger partial charge in [-0.2, -0.15) is 5.01 Å². The Kier molecular flexibility index (Phi) is 5.04. The predicted octanol–water partition coefficient (Wildman–Crippen LogP) is 2.49. The number of hydrogen-bond donors (Lipinski definition) is 3. The highest BCUT2D eigenvalue weighted by Gasteiger charge is 2.37. The van der Waals surface area contributed by atoms with Crippen LogP contribution in [-0.2, 0) is 4.79 Å². The molecule has 1 saturated heterocycles. The van der Waals surface area contributed by atoms with E-state index >= 15 is 0 Å². The Morgan fingerprint density at radius 1 is 1.15 bits per heavy atom. The summed E-state index contributed by atoms with van der Waals surface area (Å²) < 4.78 is 5.00. The van der Waals surface area contributed by atoms with Crippen LogP contribution in [0.3, 0.4) is 0 Å². The van der Waals surface area contributed by atoms with Crippen molar-refractivity contribution in [3.63, 3.8) is 0 Å². The zero-order valence-electron chi connectivity index (χ0n) is 14.0. The molecule has 0 atom stereocenters. The standard InChI is InChI=1S/C18H14N2O6S/c1-26-14-8-10(6-7-13(14)22)9-15-17(24)20(18(25)27-15)19-16(23)11-4-2-3-5-12(11)21/h2-9,21-22H,1H3,(H,19,23). The third kappa shape index (κ3) is 3.72. The van der Waals surface area contributed by atoms with Crippen molar-refractivity contribution in [2.45, 2.75) is 0 Å². The normalized spacial score (nSPS) is 15.3. The maximum Gasteiger partial charge on any atom is 0.312 e. The Morgan fingerprint density at radius 2 is 1.89 bits per heavy atom. The first-order chi connectivity index (χ1) is 12.9. The van der Waals surface area contributed by atoms with Crippen molar-refractivity contribution >= 4 is 34.9 Å². The first kappa shape index (κ1) is 18.3. The number of para-hydroxylation sites is 1. The predicted molar refractivity (Wildman–Crippen MR) is 98.0 cm³/mol. The van der Waals surface area contributed by atoms with Crippen molar-refractivity contribution in [2.24, 2.45) is 0 Å². The van der Waals surface area contributed by atoms with Gasteiger partial charge in [0.25, 0.3) is 11.8 Å². The van der Waals surface area contributed by atoms with Gasteiger partial charge in [0.15, 0.2) is 11.5 Å². The van der Waals surface area contributed by atoms with Gasteiger partial charge in [-0.1, -0.05) is 18.2 Å². The molecule has 2 aromatic rings. The number of phenolic OH excluding ortho intramolecular Hbond substituents is 2. The number of methoxy groups -OCH3 is 1. The van der Waals surface area contributed by atoms with Gasteiger partial charge in [-0.3, -0.25) is 19.8 Å². The van der Waals surface area contributed by atoms with Crippen molar-refractivity contribution in [3.05, 3.63) is 58.5 Å². The maximum atomic E-state index is 12.5. The molecule has 2 aromatic carbocycles. The molecule has 0 radical (unpaired) electrons. The molecule has 27 heavy (non-hydrogen) atoms. The lowest BCUT2D eigenvalue weighted by molar-refractivity contribution is -0.124. The number of rotatable bonds is 4. The number of phenols is 2. The molecule has 0 unspecified atom stereocenters. The number of carbonyl (C=O) groups is 3. The molecule has 8 nitrogen and oxygen atoms in total. The van der Waals surface area contributed by atoms with Crippen LogP contribution in [0.2, 0.25) is 0 Å². The van der Waals surface area contributed by atoms with Crippen LogP contribution in [0.5, 0.6) is 17.2 Å². The lowest BCUT2D eigenvalue weighted by Gasteiger charge is -2.14. The number of hydrazine groups is 1. The number of aromatic hydroxyl groups is 2. The Morgan fingerprint density at radius 3 is 2.59 bits per heavy atom. The van der Waals surface area contributed by atoms with Gasteiger partial charge in [-0.05, 0) is 47.7 Å². The van der Waals surface area contributed by atoms with Gasteiger partial charge in [0.1, 0.15) is 5.75 Å². The van der Waals surface area contributed by atoms with Crippen molar-refractivity contribution in [1.82, 2.24) is 10.4 Å². The molecular weight excluding hydrogens is 372 g/mol. The number of carbonyl (C=O) groups excluding carboxylic acids is 3. The summed E-state index contributed by atoms with van der Waals surface area (Å²) >= 11 is 0.654. The van der Waals surface area contributed by atoms with E-state index in [1.807, 2.05) is 0 Å². The van der Waals surface area contributed by atoms with E-state index < -0.39 is 17.1 Å². The topological polar surface area (TPSA) is 116 Å². The van der Waals surface area contributed by atoms with Gasteiger partial charge >= 0.3 is 5.24 Å². The summed E-state index contributed by atoms with van der Waals surface area (Å²) in [7, 11) is 1.39. The molecule has 3 N–H and O–H groups in total. The molecule has 0 aliphatic carbocycles. The van der Waals surface area contributed by atoms with E-state index in [0.29, 0.717) is 22.3 Å². The molecule has 0 aromatic heterocycles. The van der Waals surface area contributed by atoms with E-state index in [0.717, 1.165) is 0 Å². The number of ether oxygens (including phenoxy) is 1. The van der Waals surface area contributed by atoms with Gasteiger partial charge in [-0.25, -0.2) is 0 Å². The third-order valence-corrected chi connectivity index (χ3v) is 4.53. The van der Waals surface area contributed by atoms with Crippen LogP contribution in [0.4, 0.5) is 4.79 Å². The van der Waals surface area contributed by atoms with E-state index in [4.69, 9.17) is 4.74 Å². The van der Waals surface area contributed by atoms with Gasteiger partial charge in [0, 0.05) is 0 Å². The van der Waals surface area contributed by atoms with Crippen LogP contribution >= 0.6 is 11.8 Å². The number of thioether (sulfide) groups is 1. The zero-order valence-corrected chi connectivity index (χ0v) is 14.8. The molecule has 3 rings (SSSR count). The van der Waals surface area contributed by atoms with E-state index in [1.165, 1.54) is 37.5 Å². The quantitative estimate of drug-likeness (QED) is 0.691. The van der Waals surface area contributed by atoms with E-state index in [9.17, 15) is 24.6 Å². The number of amides is 3. The Labute approximate surface area is 158 Å². The van der Waals surface area contributed by atoms with Gasteiger partial charge < -0.3 is 14.9 Å². The van der Waals surface area contributed by atoms with Crippen LogP contribution in [0, 0.1) is 0 Å². The number of nitrogens with one attached hydrogen (secondary N) is 1. The van der Waals surface area contributed by atoms with Crippen molar-refractivity contribution < 1.29 is 29.3 Å². The molecule has 1 heterocycles. The van der Waals surface area contributed by atoms with E-state index in [-0.39, 0.29) is 27.7 Å². The summed E-state index contributed by atoms with van der Waals surface area (Å²) in [4.78, 5) is 36.8. The van der Waals surface area contributed by atoms with Crippen LogP contribution in [0.15, 0.2) is 47.4 Å². The largest absolute Gasteiger partial charge is 0.507 e. The first-order valence-electron chi connectivity index (χ1n) is 7.64. The lowest BCUT2D eigenvalue weighted by Crippen LogP contribution is -2.44. The number of imide groups is 1. The second kappa shape index (κ2) is 7.42. The molecule has 0 saturated carbocycles. The number of benzene rings is 2. The molecule has 1 aliphatic rings. The smallest absolute Gasteiger partial charge is 0.312 e. The summed E-state index contributed by atoms with van der Waals surface area (Å²) in [5.74, 6) is -1.61. The van der Waals surface area contributed by atoms with Gasteiger partial charge in [0.05, 0.1) is 17.6 Å². The Bertz CT molecular complexity index is 972. The average molecular weight is 386 g/mol. The zero-order chi connectivity index (χ0) is 19.6. The fraction of sp³-hybridized carbons (Fsp3) is 0.0556. The Balaban J connectivity index is 1.81. The highest BCUT2D eigenvalue weighted by Crippen LogP contribution is 2.33. The summed E-state index contributed by atoms with van der Waals surface area (Å²) in [6.45, 7) is 0. The van der Waals surface area contributed by atoms with Crippen molar-refractivity contribution in [3.8, 4) is 17.2 Å². The molecule has 1 fully saturated rings. The SMILES string of the molecule is COc1cc(C=C2SC(=O)N(NC(=O)c3ccccc3O)C2=O)ccc1O. The Hall–Kier alpha value is -3.46. The minimum absolute atomic E-state index is 0.0577. The summed E-state index contributed by atoms with van der Waals surface area (Å²) in [6, 6.07) is 10.2. The van der Waals surface area contributed by atoms with E-state index in [1.54, 1.807) is 18.2 Å². The fourth-order valence-corrected chi connectivity index (χ4v) is 3.11. The molecule has 1 aliphatic heterocycles. The molecule has 0 bridgehead atoms. The van der Waals surface area contributed by atoms with Crippen molar-refractivity contribution in [1.29, 1.82) is 0 Å². The molecular formula is C18H14N2O6S. The minimum atomic E-state index is -0.789. The lowest BCUT2D eigenvalue weighted by atomic mass is 10.2. The van der Waals surface area contributed by atoms with Crippen LogP contribution in [0.1, 0.15) is 15.9 Å². The number of hydrogen-bond acceptors (Lipinski definition) is 7. The molecule has 3 amide bonds. The average Bonchev–Trinajstić information content (AvgIpc) is 2.91. The van der Waals surface area contributed by atoms with Crippen molar-refractivity contribution in [2.75, 3.05) is 7.11 Å². The second-order valence-corrected chi connectivity index (χ2v) is 6.40. The third-order valence-electron chi connectivity index (χ3n) is 3.66. The highest BCUT2D eigenvalue weighted by atomic mass is 32.2.